The van der Waals surface area contributed by atoms with E-state index in [1.165, 1.54) is 6.34 Å². The number of amides is 1. The molecule has 1 aromatic rings. The maximum absolute atomic E-state index is 13.1. The molecule has 9 nitrogen and oxygen atoms in total. The third-order valence-corrected chi connectivity index (χ3v) is 5.17. The summed E-state index contributed by atoms with van der Waals surface area (Å²) in [4.78, 5) is 20.3. The molecule has 4 heterocycles. The van der Waals surface area contributed by atoms with Crippen molar-refractivity contribution in [3.63, 3.8) is 0 Å². The quantitative estimate of drug-likeness (QED) is 0.681. The first-order valence-electron chi connectivity index (χ1n) is 9.66. The van der Waals surface area contributed by atoms with Crippen LogP contribution in [0.4, 0.5) is 10.5 Å². The van der Waals surface area contributed by atoms with Crippen molar-refractivity contribution in [2.24, 2.45) is 4.99 Å². The molecule has 154 valence electrons. The number of fused-ring (bicyclic) bond motifs is 5. The highest BCUT2D eigenvalue weighted by atomic mass is 16.7. The van der Waals surface area contributed by atoms with Gasteiger partial charge < -0.3 is 24.3 Å². The number of hydrogen-bond acceptors (Lipinski definition) is 7. The molecule has 1 unspecified atom stereocenters. The number of aromatic nitrogens is 1. The number of nitrogens with one attached hydrogen (secondary N) is 2. The number of carbonyl (C=O) groups is 1. The number of rotatable bonds is 3. The third kappa shape index (κ3) is 2.89. The van der Waals surface area contributed by atoms with Gasteiger partial charge in [-0.1, -0.05) is 16.9 Å². The lowest BCUT2D eigenvalue weighted by atomic mass is 10.0. The lowest BCUT2D eigenvalue weighted by Gasteiger charge is -2.27. The Morgan fingerprint density at radius 3 is 2.68 bits per heavy atom. The fraction of sp³-hybridized carbons (Fsp3) is 0.684. The van der Waals surface area contributed by atoms with Crippen LogP contribution in [0.1, 0.15) is 59.2 Å². The molecule has 28 heavy (non-hydrogen) atoms. The monoisotopic (exact) mass is 393 g/mol. The van der Waals surface area contributed by atoms with Gasteiger partial charge in [0.05, 0.1) is 12.2 Å². The molecule has 3 aliphatic rings. The zero-order chi connectivity index (χ0) is 20.5. The second kappa shape index (κ2) is 5.87. The second-order valence-corrected chi connectivity index (χ2v) is 9.09. The van der Waals surface area contributed by atoms with E-state index in [0.717, 1.165) is 12.0 Å². The van der Waals surface area contributed by atoms with E-state index in [-0.39, 0.29) is 12.2 Å². The molecule has 3 aliphatic heterocycles. The second-order valence-electron chi connectivity index (χ2n) is 9.09. The first-order chi connectivity index (χ1) is 12.9. The van der Waals surface area contributed by atoms with E-state index in [9.17, 15) is 9.90 Å². The maximum Gasteiger partial charge on any atom is 0.548 e. The minimum absolute atomic E-state index is 0.0474. The number of H-pyrrole nitrogens is 1. The number of quaternary nitrogens is 1. The molecule has 1 aromatic heterocycles. The van der Waals surface area contributed by atoms with Gasteiger partial charge in [-0.2, -0.15) is 9.79 Å². The lowest BCUT2D eigenvalue weighted by molar-refractivity contribution is -0.146. The van der Waals surface area contributed by atoms with E-state index in [4.69, 9.17) is 14.2 Å². The summed E-state index contributed by atoms with van der Waals surface area (Å²) in [7, 11) is 0. The number of aliphatic imine (C=N–C) groups is 1. The van der Waals surface area contributed by atoms with E-state index < -0.39 is 27.9 Å². The molecular weight excluding hydrogens is 364 g/mol. The van der Waals surface area contributed by atoms with E-state index >= 15 is 0 Å². The van der Waals surface area contributed by atoms with Crippen LogP contribution >= 0.6 is 0 Å². The van der Waals surface area contributed by atoms with Gasteiger partial charge >= 0.3 is 11.9 Å². The molecule has 1 fully saturated rings. The fourth-order valence-electron chi connectivity index (χ4n) is 4.15. The summed E-state index contributed by atoms with van der Waals surface area (Å²) < 4.78 is 17.2. The van der Waals surface area contributed by atoms with Gasteiger partial charge in [0.1, 0.15) is 5.60 Å². The van der Waals surface area contributed by atoms with Crippen molar-refractivity contribution in [1.82, 2.24) is 15.0 Å². The van der Waals surface area contributed by atoms with Gasteiger partial charge in [-0.15, -0.1) is 0 Å². The molecule has 9 heteroatoms. The SMILES string of the molecule is CC[C@H]1OC(C)(C)O[C@H]1Cc1c[nH]c2c1[N@@+]1(C(=O)OC(C)(C)C)C=NC2(O)N1. The molecule has 0 radical (unpaired) electrons. The highest BCUT2D eigenvalue weighted by Crippen LogP contribution is 2.48. The Kier molecular flexibility index (Phi) is 4.09. The average Bonchev–Trinajstić information content (AvgIpc) is 3.25. The standard InChI is InChI=1S/C19H29N4O5/c1-7-12-13(27-18(5,6)26-12)8-11-9-20-15-14(11)23(10-21-19(15,25)22-23)16(24)28-17(2,3)4/h9-10,12-13,20,22,25H,7-8H2,1-6H3/q+1/t12-,13+,19?,23-/m1/s1. The van der Waals surface area contributed by atoms with Crippen molar-refractivity contribution < 1.29 is 24.1 Å². The minimum Gasteiger partial charge on any atom is -0.412 e. The lowest BCUT2D eigenvalue weighted by Crippen LogP contribution is -2.61. The Morgan fingerprint density at radius 2 is 2.04 bits per heavy atom. The number of carbonyl (C=O) groups excluding carboxylic acids is 1. The summed E-state index contributed by atoms with van der Waals surface area (Å²) in [6.07, 6.45) is 3.77. The van der Waals surface area contributed by atoms with Gasteiger partial charge in [-0.05, 0) is 41.0 Å². The molecular formula is C19H29N4O5+. The summed E-state index contributed by atoms with van der Waals surface area (Å²) in [6.45, 7) is 11.3. The summed E-state index contributed by atoms with van der Waals surface area (Å²) in [6, 6.07) is 0. The molecule has 1 amide bonds. The normalized spacial score (nSPS) is 35.4. The molecule has 1 saturated heterocycles. The van der Waals surface area contributed by atoms with Crippen molar-refractivity contribution in [1.29, 1.82) is 0 Å². The van der Waals surface area contributed by atoms with E-state index in [0.29, 0.717) is 17.8 Å². The largest absolute Gasteiger partial charge is 0.548 e. The molecule has 0 spiro atoms. The number of hydrogen-bond donors (Lipinski definition) is 3. The van der Waals surface area contributed by atoms with E-state index in [2.05, 4.69) is 22.3 Å². The molecule has 2 bridgehead atoms. The molecule has 0 saturated carbocycles. The van der Waals surface area contributed by atoms with Crippen LogP contribution in [-0.2, 0) is 26.5 Å². The topological polar surface area (TPSA) is 105 Å². The molecule has 0 aliphatic carbocycles. The smallest absolute Gasteiger partial charge is 0.412 e. The predicted octanol–water partition coefficient (Wildman–Crippen LogP) is 2.39. The Hall–Kier alpha value is -1.78. The Morgan fingerprint density at radius 1 is 1.36 bits per heavy atom. The van der Waals surface area contributed by atoms with Crippen LogP contribution in [0.3, 0.4) is 0 Å². The van der Waals surface area contributed by atoms with E-state index in [1.807, 2.05) is 13.8 Å². The summed E-state index contributed by atoms with van der Waals surface area (Å²) in [5.74, 6) is -2.33. The van der Waals surface area contributed by atoms with Crippen LogP contribution in [0.2, 0.25) is 0 Å². The van der Waals surface area contributed by atoms with Crippen molar-refractivity contribution >= 4 is 18.1 Å². The molecule has 3 N–H and O–H groups in total. The Balaban J connectivity index is 1.69. The Labute approximate surface area is 164 Å². The summed E-state index contributed by atoms with van der Waals surface area (Å²) in [5, 5.41) is 10.8. The number of aliphatic hydroxyl groups is 1. The van der Waals surface area contributed by atoms with Crippen LogP contribution in [0.5, 0.6) is 0 Å². The summed E-state index contributed by atoms with van der Waals surface area (Å²) >= 11 is 0. The molecule has 0 aromatic carbocycles. The molecule has 4 atom stereocenters. The van der Waals surface area contributed by atoms with Gasteiger partial charge in [0.15, 0.2) is 17.2 Å². The average molecular weight is 393 g/mol. The Bertz CT molecular complexity index is 842. The van der Waals surface area contributed by atoms with Crippen LogP contribution in [0.15, 0.2) is 11.2 Å². The highest BCUT2D eigenvalue weighted by Gasteiger charge is 2.66. The zero-order valence-corrected chi connectivity index (χ0v) is 17.2. The van der Waals surface area contributed by atoms with Gasteiger partial charge in [0.2, 0.25) is 6.34 Å². The van der Waals surface area contributed by atoms with Gasteiger partial charge in [-0.3, -0.25) is 0 Å². The maximum atomic E-state index is 13.1. The van der Waals surface area contributed by atoms with Gasteiger partial charge in [-0.25, -0.2) is 0 Å². The van der Waals surface area contributed by atoms with Crippen molar-refractivity contribution in [2.45, 2.75) is 83.8 Å². The fourth-order valence-corrected chi connectivity index (χ4v) is 4.15. The van der Waals surface area contributed by atoms with Crippen LogP contribution in [-0.4, -0.2) is 46.1 Å². The predicted molar refractivity (Wildman–Crippen MR) is 102 cm³/mol. The van der Waals surface area contributed by atoms with Crippen LogP contribution < -0.4 is 10.0 Å². The first kappa shape index (κ1) is 19.5. The van der Waals surface area contributed by atoms with Crippen molar-refractivity contribution in [3.8, 4) is 0 Å². The van der Waals surface area contributed by atoms with Crippen LogP contribution in [0, 0.1) is 0 Å². The number of nitrogens with zero attached hydrogens (tertiary/aromatic N) is 2. The summed E-state index contributed by atoms with van der Waals surface area (Å²) in [5.41, 5.74) is 4.10. The first-order valence-corrected chi connectivity index (χ1v) is 9.66. The minimum atomic E-state index is -1.68. The van der Waals surface area contributed by atoms with Crippen molar-refractivity contribution in [3.05, 3.63) is 17.5 Å². The number of ether oxygens (including phenoxy) is 3. The van der Waals surface area contributed by atoms with E-state index in [1.54, 1.807) is 27.0 Å². The van der Waals surface area contributed by atoms with Crippen LogP contribution in [0.25, 0.3) is 0 Å². The van der Waals surface area contributed by atoms with Gasteiger partial charge in [0.25, 0.3) is 0 Å². The van der Waals surface area contributed by atoms with Gasteiger partial charge in [0, 0.05) is 18.2 Å². The zero-order valence-electron chi connectivity index (χ0n) is 17.2. The highest BCUT2D eigenvalue weighted by molar-refractivity contribution is 6.02. The third-order valence-electron chi connectivity index (χ3n) is 5.17. The molecule has 4 rings (SSSR count). The van der Waals surface area contributed by atoms with Crippen molar-refractivity contribution in [2.75, 3.05) is 0 Å². The number of aromatic amines is 1.